The molecule has 0 saturated heterocycles. The zero-order chi connectivity index (χ0) is 12.5. The van der Waals surface area contributed by atoms with Crippen LogP contribution in [-0.2, 0) is 65.4 Å². The van der Waals surface area contributed by atoms with Crippen molar-refractivity contribution in [2.45, 2.75) is 53.4 Å². The monoisotopic (exact) mass is 402 g/mol. The Balaban J connectivity index is 0.00000162. The summed E-state index contributed by atoms with van der Waals surface area (Å²) >= 11 is 0. The van der Waals surface area contributed by atoms with E-state index in [1.54, 1.807) is 0 Å². The van der Waals surface area contributed by atoms with E-state index in [1.807, 2.05) is 27.7 Å². The molecule has 0 N–H and O–H groups in total. The summed E-state index contributed by atoms with van der Waals surface area (Å²) in [5, 5.41) is 0. The van der Waals surface area contributed by atoms with Gasteiger partial charge in [-0.1, -0.05) is 5.41 Å². The molecule has 19 heavy (non-hydrogen) atoms. The molecule has 2 rings (SSSR count). The van der Waals surface area contributed by atoms with Crippen LogP contribution in [0.3, 0.4) is 0 Å². The summed E-state index contributed by atoms with van der Waals surface area (Å²) in [6.07, 6.45) is 18.0. The zero-order valence-corrected chi connectivity index (χ0v) is 18.2. The Morgan fingerprint density at radius 2 is 0.789 bits per heavy atom. The van der Waals surface area contributed by atoms with Gasteiger partial charge in [-0.25, -0.2) is 0 Å². The van der Waals surface area contributed by atoms with Crippen LogP contribution in [0.15, 0.2) is 22.3 Å². The third-order valence-corrected chi connectivity index (χ3v) is 4.14. The summed E-state index contributed by atoms with van der Waals surface area (Å²) in [6.45, 7) is 8.08. The van der Waals surface area contributed by atoms with E-state index in [0.717, 1.165) is 25.7 Å². The molecule has 0 atom stereocenters. The van der Waals surface area contributed by atoms with Crippen LogP contribution in [0.2, 0.25) is 0 Å². The van der Waals surface area contributed by atoms with E-state index in [2.05, 4.69) is 24.3 Å². The maximum atomic E-state index is 3.34. The number of hydrogen-bond acceptors (Lipinski definition) is 0. The van der Waals surface area contributed by atoms with E-state index in [0.29, 0.717) is 5.41 Å². The Kier molecular flexibility index (Phi) is 9.10. The standard InChI is InChI=1S/C17H20.2Y/c1-5-13-9-17(10-14(13)6-2)11-15(7-3)16(8-4)12-17;;/h9-12H2,1-4H3;;/q-4;;. The van der Waals surface area contributed by atoms with Gasteiger partial charge in [0.25, 0.3) is 0 Å². The van der Waals surface area contributed by atoms with Gasteiger partial charge in [-0.05, 0) is 0 Å². The van der Waals surface area contributed by atoms with Crippen molar-refractivity contribution in [3.8, 4) is 0 Å². The van der Waals surface area contributed by atoms with Crippen molar-refractivity contribution in [3.63, 3.8) is 0 Å². The molecule has 0 bridgehead atoms. The fraction of sp³-hybridized carbons (Fsp3) is 0.529. The Hall–Kier alpha value is 1.17. The van der Waals surface area contributed by atoms with Gasteiger partial charge in [-0.15, -0.1) is 53.4 Å². The average Bonchev–Trinajstić information content (AvgIpc) is 2.89. The van der Waals surface area contributed by atoms with Crippen LogP contribution in [-0.4, -0.2) is 0 Å². The summed E-state index contributed by atoms with van der Waals surface area (Å²) in [5.41, 5.74) is 5.88. The molecular formula is C17H20Y2-4. The van der Waals surface area contributed by atoms with E-state index in [4.69, 9.17) is 0 Å². The number of rotatable bonds is 0. The van der Waals surface area contributed by atoms with Gasteiger partial charge in [0.05, 0.1) is 0 Å². The molecule has 2 fully saturated rings. The van der Waals surface area contributed by atoms with Crippen LogP contribution >= 0.6 is 0 Å². The maximum absolute atomic E-state index is 3.34. The van der Waals surface area contributed by atoms with Crippen molar-refractivity contribution in [1.82, 2.24) is 0 Å². The molecule has 1 spiro atoms. The quantitative estimate of drug-likeness (QED) is 0.522. The normalized spacial score (nSPS) is 34.3. The molecule has 0 unspecified atom stereocenters. The molecule has 0 amide bonds. The smallest absolute Gasteiger partial charge is 0 e. The van der Waals surface area contributed by atoms with Crippen molar-refractivity contribution >= 4 is 0 Å². The van der Waals surface area contributed by atoms with Crippen LogP contribution in [0, 0.1) is 29.7 Å². The molecule has 98 valence electrons. The minimum atomic E-state index is 0. The summed E-state index contributed by atoms with van der Waals surface area (Å²) in [5.74, 6) is 0. The second kappa shape index (κ2) is 8.57. The largest absolute Gasteiger partial charge is 0.376 e. The first-order valence-electron chi connectivity index (χ1n) is 6.33. The van der Waals surface area contributed by atoms with Crippen LogP contribution in [0.25, 0.3) is 0 Å². The molecule has 2 radical (unpaired) electrons. The number of hydrogen-bond donors (Lipinski definition) is 0. The van der Waals surface area contributed by atoms with Gasteiger partial charge < -0.3 is 46.6 Å². The van der Waals surface area contributed by atoms with Crippen LogP contribution in [0.4, 0.5) is 0 Å². The third-order valence-electron chi connectivity index (χ3n) is 4.14. The molecule has 0 heterocycles. The SMILES string of the molecule is C[C-]=C1CC2(CC1=[C-]C)CC(=[C-]C)C(=[C-]C)C2.[Y].[Y]. The predicted octanol–water partition coefficient (Wildman–Crippen LogP) is 4.55. The molecule has 0 aliphatic heterocycles. The molecule has 0 nitrogen and oxygen atoms in total. The third kappa shape index (κ3) is 4.09. The van der Waals surface area contributed by atoms with E-state index in [9.17, 15) is 0 Å². The van der Waals surface area contributed by atoms with Crippen molar-refractivity contribution in [2.75, 3.05) is 0 Å². The minimum absolute atomic E-state index is 0. The van der Waals surface area contributed by atoms with Crippen molar-refractivity contribution in [3.05, 3.63) is 46.6 Å². The molecule has 2 saturated carbocycles. The Bertz CT molecular complexity index is 351. The van der Waals surface area contributed by atoms with Gasteiger partial charge in [0, 0.05) is 65.4 Å². The van der Waals surface area contributed by atoms with Crippen LogP contribution < -0.4 is 0 Å². The molecule has 0 aromatic heterocycles. The van der Waals surface area contributed by atoms with Gasteiger partial charge in [0.15, 0.2) is 0 Å². The first-order chi connectivity index (χ1) is 8.18. The van der Waals surface area contributed by atoms with Gasteiger partial charge in [-0.2, -0.15) is 0 Å². The van der Waals surface area contributed by atoms with Gasteiger partial charge in [0.2, 0.25) is 0 Å². The fourth-order valence-corrected chi connectivity index (χ4v) is 3.26. The Morgan fingerprint density at radius 3 is 0.947 bits per heavy atom. The van der Waals surface area contributed by atoms with Gasteiger partial charge in [-0.3, -0.25) is 0 Å². The molecule has 2 aliphatic carbocycles. The van der Waals surface area contributed by atoms with E-state index in [-0.39, 0.29) is 65.4 Å². The first kappa shape index (κ1) is 20.2. The van der Waals surface area contributed by atoms with Crippen LogP contribution in [0.5, 0.6) is 0 Å². The van der Waals surface area contributed by atoms with E-state index < -0.39 is 0 Å². The van der Waals surface area contributed by atoms with Crippen molar-refractivity contribution in [2.24, 2.45) is 5.41 Å². The zero-order valence-electron chi connectivity index (χ0n) is 12.5. The Labute approximate surface area is 169 Å². The summed E-state index contributed by atoms with van der Waals surface area (Å²) in [4.78, 5) is 0. The van der Waals surface area contributed by atoms with E-state index in [1.165, 1.54) is 22.3 Å². The summed E-state index contributed by atoms with van der Waals surface area (Å²) < 4.78 is 0. The topological polar surface area (TPSA) is 0 Å². The average molecular weight is 402 g/mol. The number of allylic oxidation sites excluding steroid dienone is 8. The molecule has 0 aromatic carbocycles. The van der Waals surface area contributed by atoms with Gasteiger partial charge >= 0.3 is 0 Å². The molecule has 2 aliphatic rings. The molecular weight excluding hydrogens is 382 g/mol. The minimum Gasteiger partial charge on any atom is -0.376 e. The second-order valence-corrected chi connectivity index (χ2v) is 5.12. The van der Waals surface area contributed by atoms with Crippen LogP contribution in [0.1, 0.15) is 53.4 Å². The molecule has 0 aromatic rings. The summed E-state index contributed by atoms with van der Waals surface area (Å²) in [7, 11) is 0. The first-order valence-corrected chi connectivity index (χ1v) is 6.33. The molecule has 2 heteroatoms. The summed E-state index contributed by atoms with van der Waals surface area (Å²) in [6, 6.07) is 0. The fourth-order valence-electron chi connectivity index (χ4n) is 3.26. The van der Waals surface area contributed by atoms with E-state index >= 15 is 0 Å². The Morgan fingerprint density at radius 1 is 0.579 bits per heavy atom. The predicted molar refractivity (Wildman–Crippen MR) is 70.6 cm³/mol. The van der Waals surface area contributed by atoms with Crippen molar-refractivity contribution in [1.29, 1.82) is 0 Å². The maximum Gasteiger partial charge on any atom is 0 e. The van der Waals surface area contributed by atoms with Crippen molar-refractivity contribution < 1.29 is 65.4 Å². The van der Waals surface area contributed by atoms with Gasteiger partial charge in [0.1, 0.15) is 0 Å². The second-order valence-electron chi connectivity index (χ2n) is 5.12.